The largest absolute Gasteiger partial charge is 0.508 e. The van der Waals surface area contributed by atoms with Crippen molar-refractivity contribution in [3.63, 3.8) is 0 Å². The van der Waals surface area contributed by atoms with Gasteiger partial charge in [0.15, 0.2) is 0 Å². The van der Waals surface area contributed by atoms with Gasteiger partial charge in [-0.15, -0.1) is 11.3 Å². The lowest BCUT2D eigenvalue weighted by atomic mass is 10.1. The fraction of sp³-hybridized carbons (Fsp3) is 0.353. The molecule has 0 amide bonds. The Morgan fingerprint density at radius 2 is 2.28 bits per heavy atom. The lowest BCUT2D eigenvalue weighted by molar-refractivity contribution is -0.142. The van der Waals surface area contributed by atoms with Crippen LogP contribution < -0.4 is 5.43 Å². The molecule has 8 heteroatoms. The summed E-state index contributed by atoms with van der Waals surface area (Å²) in [5.74, 6) is -0.0253. The minimum absolute atomic E-state index is 0.154. The van der Waals surface area contributed by atoms with E-state index in [2.05, 4.69) is 15.5 Å². The molecule has 2 rings (SSSR count). The number of benzene rings is 1. The number of ether oxygens (including phenoxy) is 1. The molecule has 25 heavy (non-hydrogen) atoms. The number of nitrogens with one attached hydrogen (secondary N) is 1. The first-order valence-electron chi connectivity index (χ1n) is 7.83. The Balaban J connectivity index is 1.95. The van der Waals surface area contributed by atoms with Gasteiger partial charge in [0, 0.05) is 17.5 Å². The standard InChI is InChI=1S/C17H22N4O3S/c1-4-24-16(23)8-14-11-25-17(19-14)20-18-9-12-5-6-15(22)13(7-12)10-21(2)3/h5-7,9,11,22H,4,8,10H2,1-3H3,(H,19,20). The zero-order chi connectivity index (χ0) is 18.2. The minimum Gasteiger partial charge on any atom is -0.508 e. The van der Waals surface area contributed by atoms with Crippen LogP contribution in [0.25, 0.3) is 0 Å². The number of carbonyl (C=O) groups excluding carboxylic acids is 1. The van der Waals surface area contributed by atoms with E-state index >= 15 is 0 Å². The molecule has 0 fully saturated rings. The van der Waals surface area contributed by atoms with Crippen LogP contribution in [0.1, 0.15) is 23.7 Å². The van der Waals surface area contributed by atoms with Gasteiger partial charge in [-0.3, -0.25) is 10.2 Å². The second-order valence-corrected chi connectivity index (χ2v) is 6.48. The van der Waals surface area contributed by atoms with Crippen molar-refractivity contribution in [2.24, 2.45) is 5.10 Å². The first kappa shape index (κ1) is 18.9. The molecule has 0 saturated carbocycles. The summed E-state index contributed by atoms with van der Waals surface area (Å²) < 4.78 is 4.89. The quantitative estimate of drug-likeness (QED) is 0.426. The van der Waals surface area contributed by atoms with Crippen LogP contribution in [0, 0.1) is 0 Å². The Morgan fingerprint density at radius 1 is 1.48 bits per heavy atom. The van der Waals surface area contributed by atoms with Crippen molar-refractivity contribution < 1.29 is 14.6 Å². The van der Waals surface area contributed by atoms with E-state index in [0.29, 0.717) is 24.0 Å². The SMILES string of the molecule is CCOC(=O)Cc1csc(NN=Cc2ccc(O)c(CN(C)C)c2)n1. The molecule has 1 aromatic carbocycles. The number of nitrogens with zero attached hydrogens (tertiary/aromatic N) is 3. The number of aromatic hydroxyl groups is 1. The van der Waals surface area contributed by atoms with E-state index in [1.165, 1.54) is 11.3 Å². The molecule has 2 aromatic rings. The van der Waals surface area contributed by atoms with Crippen molar-refractivity contribution >= 4 is 28.7 Å². The fourth-order valence-corrected chi connectivity index (χ4v) is 2.77. The third kappa shape index (κ3) is 6.17. The van der Waals surface area contributed by atoms with Gasteiger partial charge in [-0.2, -0.15) is 5.10 Å². The number of aromatic nitrogens is 1. The van der Waals surface area contributed by atoms with Crippen LogP contribution in [-0.2, 0) is 22.5 Å². The minimum atomic E-state index is -0.291. The highest BCUT2D eigenvalue weighted by Crippen LogP contribution is 2.19. The molecule has 0 aliphatic heterocycles. The van der Waals surface area contributed by atoms with Crippen LogP contribution in [0.5, 0.6) is 5.75 Å². The molecule has 0 spiro atoms. The lowest BCUT2D eigenvalue weighted by Gasteiger charge is -2.11. The molecule has 134 valence electrons. The number of thiazole rings is 1. The van der Waals surface area contributed by atoms with Gasteiger partial charge in [-0.25, -0.2) is 4.98 Å². The van der Waals surface area contributed by atoms with Crippen molar-refractivity contribution in [3.8, 4) is 5.75 Å². The van der Waals surface area contributed by atoms with E-state index in [4.69, 9.17) is 4.74 Å². The number of anilines is 1. The van der Waals surface area contributed by atoms with Gasteiger partial charge in [0.1, 0.15) is 5.75 Å². The van der Waals surface area contributed by atoms with Crippen LogP contribution >= 0.6 is 11.3 Å². The highest BCUT2D eigenvalue weighted by molar-refractivity contribution is 7.13. The molecule has 0 atom stereocenters. The molecule has 7 nitrogen and oxygen atoms in total. The van der Waals surface area contributed by atoms with Gasteiger partial charge in [-0.05, 0) is 44.8 Å². The van der Waals surface area contributed by atoms with Crippen LogP contribution in [0.15, 0.2) is 28.7 Å². The highest BCUT2D eigenvalue weighted by Gasteiger charge is 2.08. The van der Waals surface area contributed by atoms with Crippen LogP contribution in [0.4, 0.5) is 5.13 Å². The first-order chi connectivity index (χ1) is 12.0. The molecule has 0 aliphatic rings. The van der Waals surface area contributed by atoms with E-state index < -0.39 is 0 Å². The molecule has 0 saturated heterocycles. The average Bonchev–Trinajstić information content (AvgIpc) is 2.97. The number of carbonyl (C=O) groups is 1. The first-order valence-corrected chi connectivity index (χ1v) is 8.71. The summed E-state index contributed by atoms with van der Waals surface area (Å²) in [6.07, 6.45) is 1.81. The predicted molar refractivity (Wildman–Crippen MR) is 99.2 cm³/mol. The molecule has 0 radical (unpaired) electrons. The Bertz CT molecular complexity index is 743. The highest BCUT2D eigenvalue weighted by atomic mass is 32.1. The smallest absolute Gasteiger partial charge is 0.311 e. The van der Waals surface area contributed by atoms with Gasteiger partial charge < -0.3 is 14.7 Å². The number of hydrogen-bond donors (Lipinski definition) is 2. The molecular formula is C17H22N4O3S. The zero-order valence-electron chi connectivity index (χ0n) is 14.5. The molecule has 0 aliphatic carbocycles. The van der Waals surface area contributed by atoms with E-state index in [0.717, 1.165) is 11.1 Å². The van der Waals surface area contributed by atoms with Gasteiger partial charge in [0.05, 0.1) is 24.9 Å². The monoisotopic (exact) mass is 362 g/mol. The van der Waals surface area contributed by atoms with Crippen molar-refractivity contribution in [1.82, 2.24) is 9.88 Å². The molecule has 2 N–H and O–H groups in total. The summed E-state index contributed by atoms with van der Waals surface area (Å²) in [5.41, 5.74) is 5.20. The van der Waals surface area contributed by atoms with Gasteiger partial charge >= 0.3 is 5.97 Å². The van der Waals surface area contributed by atoms with Gasteiger partial charge in [0.2, 0.25) is 5.13 Å². The summed E-state index contributed by atoms with van der Waals surface area (Å²) in [6, 6.07) is 5.32. The number of esters is 1. The normalized spacial score (nSPS) is 11.2. The fourth-order valence-electron chi connectivity index (χ4n) is 2.11. The summed E-state index contributed by atoms with van der Waals surface area (Å²) in [7, 11) is 3.89. The van der Waals surface area contributed by atoms with E-state index in [1.54, 1.807) is 30.7 Å². The summed E-state index contributed by atoms with van der Waals surface area (Å²) in [5, 5.41) is 16.4. The van der Waals surface area contributed by atoms with Gasteiger partial charge in [0.25, 0.3) is 0 Å². The second-order valence-electron chi connectivity index (χ2n) is 5.62. The Kier molecular flexibility index (Phi) is 6.91. The number of phenolic OH excluding ortho intramolecular Hbond substituents is 1. The lowest BCUT2D eigenvalue weighted by Crippen LogP contribution is -2.11. The van der Waals surface area contributed by atoms with E-state index in [9.17, 15) is 9.90 Å². The molecule has 1 aromatic heterocycles. The van der Waals surface area contributed by atoms with Crippen molar-refractivity contribution in [2.45, 2.75) is 19.9 Å². The average molecular weight is 362 g/mol. The van der Waals surface area contributed by atoms with Crippen molar-refractivity contribution in [2.75, 3.05) is 26.1 Å². The molecule has 0 bridgehead atoms. The summed E-state index contributed by atoms with van der Waals surface area (Å²) in [6.45, 7) is 2.78. The maximum Gasteiger partial charge on any atom is 0.311 e. The maximum absolute atomic E-state index is 11.4. The number of hydrogen-bond acceptors (Lipinski definition) is 8. The van der Waals surface area contributed by atoms with Crippen LogP contribution in [-0.4, -0.2) is 47.9 Å². The third-order valence-electron chi connectivity index (χ3n) is 3.15. The van der Waals surface area contributed by atoms with Crippen LogP contribution in [0.2, 0.25) is 0 Å². The molecule has 1 heterocycles. The third-order valence-corrected chi connectivity index (χ3v) is 3.94. The number of hydrazone groups is 1. The Morgan fingerprint density at radius 3 is 3.00 bits per heavy atom. The predicted octanol–water partition coefficient (Wildman–Crippen LogP) is 2.46. The molecule has 0 unspecified atom stereocenters. The topological polar surface area (TPSA) is 87.0 Å². The number of phenols is 1. The zero-order valence-corrected chi connectivity index (χ0v) is 15.3. The van der Waals surface area contributed by atoms with E-state index in [1.807, 2.05) is 25.1 Å². The van der Waals surface area contributed by atoms with Crippen molar-refractivity contribution in [3.05, 3.63) is 40.4 Å². The summed E-state index contributed by atoms with van der Waals surface area (Å²) in [4.78, 5) is 17.7. The Labute approximate surface area is 151 Å². The van der Waals surface area contributed by atoms with Crippen LogP contribution in [0.3, 0.4) is 0 Å². The second kappa shape index (κ2) is 9.14. The maximum atomic E-state index is 11.4. The van der Waals surface area contributed by atoms with E-state index in [-0.39, 0.29) is 18.1 Å². The van der Waals surface area contributed by atoms with Crippen molar-refractivity contribution in [1.29, 1.82) is 0 Å². The number of rotatable bonds is 8. The van der Waals surface area contributed by atoms with Gasteiger partial charge in [-0.1, -0.05) is 0 Å². The Hall–Kier alpha value is -2.45. The summed E-state index contributed by atoms with van der Waals surface area (Å²) >= 11 is 1.37. The molecular weight excluding hydrogens is 340 g/mol.